The maximum Gasteiger partial charge on any atom is 0.519 e. The fraction of sp³-hybridized carbons (Fsp3) is 0.250. The molecule has 9 heteroatoms. The van der Waals surface area contributed by atoms with Crippen LogP contribution in [0.25, 0.3) is 11.3 Å². The van der Waals surface area contributed by atoms with E-state index >= 15 is 0 Å². The van der Waals surface area contributed by atoms with Gasteiger partial charge in [-0.05, 0) is 60.9 Å². The predicted molar refractivity (Wildman–Crippen MR) is 127 cm³/mol. The van der Waals surface area contributed by atoms with Crippen molar-refractivity contribution in [1.29, 1.82) is 0 Å². The molecule has 0 radical (unpaired) electrons. The summed E-state index contributed by atoms with van der Waals surface area (Å²) in [5.41, 5.74) is 1.38. The number of benzene rings is 2. The Bertz CT molecular complexity index is 1500. The van der Waals surface area contributed by atoms with Gasteiger partial charge < -0.3 is 13.6 Å². The third-order valence-corrected chi connectivity index (χ3v) is 6.26. The van der Waals surface area contributed by atoms with Crippen LogP contribution in [0.4, 0.5) is 13.2 Å². The fourth-order valence-corrected chi connectivity index (χ4v) is 4.19. The van der Waals surface area contributed by atoms with E-state index in [0.29, 0.717) is 22.6 Å². The SMILES string of the molecule is Cc1oc(=O)oc1COC(=O)c1cc(C2CC2)ccc1Cc1cnc(-c2ccccc2)c(C(F)(F)F)c1. The van der Waals surface area contributed by atoms with E-state index in [1.165, 1.54) is 13.1 Å². The second-order valence-corrected chi connectivity index (χ2v) is 8.98. The summed E-state index contributed by atoms with van der Waals surface area (Å²) in [6.07, 6.45) is -1.16. The monoisotopic (exact) mass is 509 g/mol. The molecule has 4 aromatic rings. The van der Waals surface area contributed by atoms with Crippen LogP contribution in [-0.2, 0) is 23.9 Å². The molecule has 0 saturated heterocycles. The zero-order valence-electron chi connectivity index (χ0n) is 19.8. The quantitative estimate of drug-likeness (QED) is 0.267. The third-order valence-electron chi connectivity index (χ3n) is 6.26. The number of hydrogen-bond acceptors (Lipinski definition) is 6. The van der Waals surface area contributed by atoms with E-state index in [1.54, 1.807) is 42.5 Å². The molecule has 1 aliphatic rings. The van der Waals surface area contributed by atoms with Gasteiger partial charge >= 0.3 is 18.0 Å². The van der Waals surface area contributed by atoms with Crippen LogP contribution in [-0.4, -0.2) is 11.0 Å². The van der Waals surface area contributed by atoms with Gasteiger partial charge in [-0.1, -0.05) is 42.5 Å². The maximum absolute atomic E-state index is 14.0. The van der Waals surface area contributed by atoms with Gasteiger partial charge in [0, 0.05) is 11.8 Å². The summed E-state index contributed by atoms with van der Waals surface area (Å²) in [5, 5.41) is 0. The molecule has 0 aliphatic heterocycles. The lowest BCUT2D eigenvalue weighted by molar-refractivity contribution is -0.137. The Balaban J connectivity index is 1.46. The first-order valence-electron chi connectivity index (χ1n) is 11.7. The molecule has 6 nitrogen and oxygen atoms in total. The van der Waals surface area contributed by atoms with Crippen LogP contribution < -0.4 is 5.82 Å². The van der Waals surface area contributed by atoms with Crippen LogP contribution in [0.2, 0.25) is 0 Å². The average molecular weight is 509 g/mol. The number of rotatable bonds is 7. The molecule has 0 N–H and O–H groups in total. The highest BCUT2D eigenvalue weighted by Gasteiger charge is 2.35. The van der Waals surface area contributed by atoms with Gasteiger partial charge in [0.15, 0.2) is 18.1 Å². The Morgan fingerprint density at radius 1 is 1.08 bits per heavy atom. The number of carbonyl (C=O) groups excluding carboxylic acids is 1. The lowest BCUT2D eigenvalue weighted by Crippen LogP contribution is -2.12. The molecular formula is C28H22F3NO5. The normalized spacial score (nSPS) is 13.5. The van der Waals surface area contributed by atoms with E-state index in [-0.39, 0.29) is 35.8 Å². The van der Waals surface area contributed by atoms with Gasteiger partial charge in [-0.3, -0.25) is 4.98 Å². The Hall–Kier alpha value is -4.14. The second-order valence-electron chi connectivity index (χ2n) is 8.98. The average Bonchev–Trinajstić information content (AvgIpc) is 3.67. The number of hydrogen-bond donors (Lipinski definition) is 0. The van der Waals surface area contributed by atoms with E-state index in [0.717, 1.165) is 24.5 Å². The van der Waals surface area contributed by atoms with Crippen molar-refractivity contribution in [3.8, 4) is 11.3 Å². The number of esters is 1. The molecule has 5 rings (SSSR count). The van der Waals surface area contributed by atoms with Crippen molar-refractivity contribution < 1.29 is 31.5 Å². The third kappa shape index (κ3) is 5.50. The van der Waals surface area contributed by atoms with Crippen molar-refractivity contribution in [2.45, 2.75) is 44.9 Å². The zero-order valence-corrected chi connectivity index (χ0v) is 19.8. The minimum atomic E-state index is -4.61. The largest absolute Gasteiger partial charge is 0.519 e. The molecule has 0 spiro atoms. The first kappa shape index (κ1) is 24.5. The molecule has 1 aliphatic carbocycles. The lowest BCUT2D eigenvalue weighted by Gasteiger charge is -2.15. The molecule has 0 amide bonds. The van der Waals surface area contributed by atoms with Crippen LogP contribution in [0.5, 0.6) is 0 Å². The Morgan fingerprint density at radius 2 is 1.84 bits per heavy atom. The Kier molecular flexibility index (Phi) is 6.45. The summed E-state index contributed by atoms with van der Waals surface area (Å²) in [4.78, 5) is 28.4. The highest BCUT2D eigenvalue weighted by Crippen LogP contribution is 2.41. The molecule has 2 aromatic carbocycles. The summed E-state index contributed by atoms with van der Waals surface area (Å²) >= 11 is 0. The minimum Gasteiger partial charge on any atom is -0.454 e. The molecule has 0 bridgehead atoms. The van der Waals surface area contributed by atoms with E-state index < -0.39 is 23.5 Å². The van der Waals surface area contributed by atoms with E-state index in [1.807, 2.05) is 6.07 Å². The van der Waals surface area contributed by atoms with E-state index in [9.17, 15) is 22.8 Å². The number of halogens is 3. The smallest absolute Gasteiger partial charge is 0.454 e. The van der Waals surface area contributed by atoms with E-state index in [2.05, 4.69) is 4.98 Å². The van der Waals surface area contributed by atoms with Gasteiger partial charge in [-0.25, -0.2) is 9.59 Å². The van der Waals surface area contributed by atoms with Gasteiger partial charge in [0.2, 0.25) is 0 Å². The van der Waals surface area contributed by atoms with Crippen LogP contribution in [0, 0.1) is 6.92 Å². The standard InChI is InChI=1S/C28H22F3NO5/c1-16-24(37-27(34)36-16)15-35-26(33)22-13-20(18-7-8-18)9-10-21(22)11-17-12-23(28(29,30)31)25(32-14-17)19-5-3-2-4-6-19/h2-6,9-10,12-14,18H,7-8,11,15H2,1H3. The van der Waals surface area contributed by atoms with Crippen molar-refractivity contribution in [2.75, 3.05) is 0 Å². The summed E-state index contributed by atoms with van der Waals surface area (Å²) in [7, 11) is 0. The van der Waals surface area contributed by atoms with Crippen LogP contribution in [0.15, 0.2) is 74.4 Å². The van der Waals surface area contributed by atoms with Crippen molar-refractivity contribution in [3.05, 3.63) is 111 Å². The molecule has 1 fully saturated rings. The first-order valence-corrected chi connectivity index (χ1v) is 11.7. The molecule has 2 heterocycles. The molecule has 37 heavy (non-hydrogen) atoms. The van der Waals surface area contributed by atoms with Crippen molar-refractivity contribution >= 4 is 5.97 Å². The number of pyridine rings is 1. The number of aryl methyl sites for hydroxylation is 1. The fourth-order valence-electron chi connectivity index (χ4n) is 4.19. The lowest BCUT2D eigenvalue weighted by atomic mass is 9.95. The molecule has 0 atom stereocenters. The number of ether oxygens (including phenoxy) is 1. The molecule has 1 saturated carbocycles. The van der Waals surface area contributed by atoms with Crippen molar-refractivity contribution in [1.82, 2.24) is 4.98 Å². The van der Waals surface area contributed by atoms with E-state index in [4.69, 9.17) is 13.6 Å². The number of aromatic nitrogens is 1. The first-order chi connectivity index (χ1) is 17.7. The highest BCUT2D eigenvalue weighted by atomic mass is 19.4. The summed E-state index contributed by atoms with van der Waals surface area (Å²) < 4.78 is 56.9. The van der Waals surface area contributed by atoms with Crippen molar-refractivity contribution in [3.63, 3.8) is 0 Å². The van der Waals surface area contributed by atoms with Gasteiger partial charge in [0.1, 0.15) is 0 Å². The van der Waals surface area contributed by atoms with Gasteiger partial charge in [0.05, 0.1) is 16.8 Å². The molecule has 2 aromatic heterocycles. The second kappa shape index (κ2) is 9.72. The molecule has 0 unspecified atom stereocenters. The highest BCUT2D eigenvalue weighted by molar-refractivity contribution is 5.91. The van der Waals surface area contributed by atoms with Crippen molar-refractivity contribution in [2.24, 2.45) is 0 Å². The molecule has 190 valence electrons. The molecular weight excluding hydrogens is 487 g/mol. The van der Waals surface area contributed by atoms with Gasteiger partial charge in [0.25, 0.3) is 0 Å². The predicted octanol–water partition coefficient (Wildman–Crippen LogP) is 6.45. The Morgan fingerprint density at radius 3 is 2.49 bits per heavy atom. The summed E-state index contributed by atoms with van der Waals surface area (Å²) in [5.74, 6) is -0.932. The van der Waals surface area contributed by atoms with Crippen LogP contribution in [0.1, 0.15) is 62.9 Å². The zero-order chi connectivity index (χ0) is 26.2. The van der Waals surface area contributed by atoms with Crippen LogP contribution in [0.3, 0.4) is 0 Å². The number of nitrogens with zero attached hydrogens (tertiary/aromatic N) is 1. The summed E-state index contributed by atoms with van der Waals surface area (Å²) in [6, 6.07) is 14.6. The maximum atomic E-state index is 14.0. The Labute approximate surface area is 209 Å². The topological polar surface area (TPSA) is 82.5 Å². The minimum absolute atomic E-state index is 0.0420. The van der Waals surface area contributed by atoms with Gasteiger partial charge in [-0.2, -0.15) is 13.2 Å². The van der Waals surface area contributed by atoms with Crippen LogP contribution >= 0.6 is 0 Å². The summed E-state index contributed by atoms with van der Waals surface area (Å²) in [6.45, 7) is 1.20. The number of alkyl halides is 3. The number of carbonyl (C=O) groups is 1. The van der Waals surface area contributed by atoms with Gasteiger partial charge in [-0.15, -0.1) is 0 Å².